The Balaban J connectivity index is 2.00. The number of methoxy groups -OCH3 is 2. The van der Waals surface area contributed by atoms with Crippen LogP contribution in [0.5, 0.6) is 5.75 Å². The minimum Gasteiger partial charge on any atom is -0.497 e. The Morgan fingerprint density at radius 3 is 2.37 bits per heavy atom. The lowest BCUT2D eigenvalue weighted by Gasteiger charge is -2.25. The molecule has 1 aromatic rings. The van der Waals surface area contributed by atoms with Gasteiger partial charge in [0, 0.05) is 5.75 Å². The van der Waals surface area contributed by atoms with Gasteiger partial charge >= 0.3 is 5.97 Å². The molecule has 0 aromatic heterocycles. The molecule has 19 heavy (non-hydrogen) atoms. The van der Waals surface area contributed by atoms with Gasteiger partial charge < -0.3 is 9.47 Å². The fraction of sp³-hybridized carbons (Fsp3) is 0.533. The minimum absolute atomic E-state index is 0.0662. The number of ether oxygens (including phenoxy) is 2. The maximum absolute atomic E-state index is 12.0. The monoisotopic (exact) mass is 280 g/mol. The molecule has 0 bridgehead atoms. The van der Waals surface area contributed by atoms with E-state index in [1.807, 2.05) is 24.3 Å². The van der Waals surface area contributed by atoms with Gasteiger partial charge in [-0.2, -0.15) is 0 Å². The Bertz CT molecular complexity index is 422. The van der Waals surface area contributed by atoms with Gasteiger partial charge in [0.1, 0.15) is 10.5 Å². The van der Waals surface area contributed by atoms with Crippen LogP contribution in [0.3, 0.4) is 0 Å². The first-order valence-electron chi connectivity index (χ1n) is 6.55. The second kappa shape index (κ2) is 6.33. The van der Waals surface area contributed by atoms with Gasteiger partial charge in [0.2, 0.25) is 0 Å². The summed E-state index contributed by atoms with van der Waals surface area (Å²) in [6.45, 7) is 0. The van der Waals surface area contributed by atoms with Crippen molar-refractivity contribution in [1.82, 2.24) is 0 Å². The van der Waals surface area contributed by atoms with Crippen molar-refractivity contribution in [3.63, 3.8) is 0 Å². The van der Waals surface area contributed by atoms with Crippen LogP contribution in [0, 0.1) is 0 Å². The Labute approximate surface area is 118 Å². The standard InChI is InChI=1S/C15H20O3S/c1-17-13-7-5-12(6-8-13)11-19-15(14(16)18-2)9-3-4-10-15/h5-8H,3-4,9-11H2,1-2H3. The zero-order chi connectivity index (χ0) is 13.7. The number of hydrogen-bond acceptors (Lipinski definition) is 4. The highest BCUT2D eigenvalue weighted by atomic mass is 32.2. The second-order valence-corrected chi connectivity index (χ2v) is 6.19. The van der Waals surface area contributed by atoms with Crippen LogP contribution in [-0.4, -0.2) is 24.9 Å². The second-order valence-electron chi connectivity index (χ2n) is 4.83. The number of carbonyl (C=O) groups is 1. The number of esters is 1. The molecular weight excluding hydrogens is 260 g/mol. The van der Waals surface area contributed by atoms with Gasteiger partial charge in [0.25, 0.3) is 0 Å². The van der Waals surface area contributed by atoms with Crippen molar-refractivity contribution in [2.75, 3.05) is 14.2 Å². The summed E-state index contributed by atoms with van der Waals surface area (Å²) in [7, 11) is 3.14. The largest absolute Gasteiger partial charge is 0.497 e. The SMILES string of the molecule is COC(=O)C1(SCc2ccc(OC)cc2)CCCC1. The average molecular weight is 280 g/mol. The normalized spacial score (nSPS) is 17.2. The molecule has 0 atom stereocenters. The van der Waals surface area contributed by atoms with Gasteiger partial charge in [-0.25, -0.2) is 0 Å². The minimum atomic E-state index is -0.325. The Hall–Kier alpha value is -1.16. The first kappa shape index (κ1) is 14.3. The molecule has 1 fully saturated rings. The molecule has 0 saturated heterocycles. The molecule has 1 aliphatic carbocycles. The quantitative estimate of drug-likeness (QED) is 0.774. The van der Waals surface area contributed by atoms with Crippen molar-refractivity contribution in [1.29, 1.82) is 0 Å². The smallest absolute Gasteiger partial charge is 0.321 e. The molecule has 3 nitrogen and oxygen atoms in total. The van der Waals surface area contributed by atoms with Gasteiger partial charge in [-0.3, -0.25) is 4.79 Å². The molecule has 4 heteroatoms. The van der Waals surface area contributed by atoms with E-state index in [-0.39, 0.29) is 10.7 Å². The lowest BCUT2D eigenvalue weighted by atomic mass is 10.1. The summed E-state index contributed by atoms with van der Waals surface area (Å²) >= 11 is 1.72. The van der Waals surface area contributed by atoms with E-state index in [0.717, 1.165) is 37.2 Å². The predicted octanol–water partition coefficient (Wildman–Crippen LogP) is 3.41. The van der Waals surface area contributed by atoms with E-state index in [1.165, 1.54) is 12.7 Å². The van der Waals surface area contributed by atoms with Crippen LogP contribution in [0.4, 0.5) is 0 Å². The molecule has 0 radical (unpaired) electrons. The summed E-state index contributed by atoms with van der Waals surface area (Å²) in [5, 5.41) is 0. The lowest BCUT2D eigenvalue weighted by Crippen LogP contribution is -2.33. The van der Waals surface area contributed by atoms with Gasteiger partial charge in [-0.05, 0) is 30.5 Å². The highest BCUT2D eigenvalue weighted by Crippen LogP contribution is 2.43. The van der Waals surface area contributed by atoms with Crippen molar-refractivity contribution in [2.45, 2.75) is 36.2 Å². The fourth-order valence-corrected chi connectivity index (χ4v) is 3.90. The summed E-state index contributed by atoms with van der Waals surface area (Å²) in [6, 6.07) is 8.00. The molecule has 1 saturated carbocycles. The molecule has 1 aliphatic rings. The molecule has 0 unspecified atom stereocenters. The van der Waals surface area contributed by atoms with Gasteiger partial charge in [-0.1, -0.05) is 25.0 Å². The van der Waals surface area contributed by atoms with Crippen LogP contribution in [-0.2, 0) is 15.3 Å². The van der Waals surface area contributed by atoms with Gasteiger partial charge in [-0.15, -0.1) is 11.8 Å². The van der Waals surface area contributed by atoms with Crippen LogP contribution >= 0.6 is 11.8 Å². The molecule has 0 spiro atoms. The molecule has 2 rings (SSSR count). The first-order chi connectivity index (χ1) is 9.20. The maximum Gasteiger partial charge on any atom is 0.321 e. The highest BCUT2D eigenvalue weighted by Gasteiger charge is 2.42. The topological polar surface area (TPSA) is 35.5 Å². The molecule has 104 valence electrons. The van der Waals surface area contributed by atoms with Crippen LogP contribution in [0.25, 0.3) is 0 Å². The van der Waals surface area contributed by atoms with Crippen molar-refractivity contribution < 1.29 is 14.3 Å². The van der Waals surface area contributed by atoms with Crippen LogP contribution in [0.1, 0.15) is 31.2 Å². The highest BCUT2D eigenvalue weighted by molar-refractivity contribution is 8.00. The van der Waals surface area contributed by atoms with Crippen molar-refractivity contribution >= 4 is 17.7 Å². The average Bonchev–Trinajstić information content (AvgIpc) is 2.95. The summed E-state index contributed by atoms with van der Waals surface area (Å²) in [5.74, 6) is 1.62. The molecule has 0 heterocycles. The van der Waals surface area contributed by atoms with E-state index >= 15 is 0 Å². The van der Waals surface area contributed by atoms with E-state index in [1.54, 1.807) is 18.9 Å². The predicted molar refractivity (Wildman–Crippen MR) is 77.5 cm³/mol. The molecular formula is C15H20O3S. The van der Waals surface area contributed by atoms with Crippen molar-refractivity contribution in [2.24, 2.45) is 0 Å². The third-order valence-corrected chi connectivity index (χ3v) is 5.25. The number of benzene rings is 1. The van der Waals surface area contributed by atoms with Crippen molar-refractivity contribution in [3.8, 4) is 5.75 Å². The van der Waals surface area contributed by atoms with E-state index in [2.05, 4.69) is 0 Å². The third kappa shape index (κ3) is 3.24. The number of carbonyl (C=O) groups excluding carboxylic acids is 1. The Kier molecular flexibility index (Phi) is 4.75. The summed E-state index contributed by atoms with van der Waals surface area (Å²) in [4.78, 5) is 12.0. The van der Waals surface area contributed by atoms with Crippen LogP contribution < -0.4 is 4.74 Å². The van der Waals surface area contributed by atoms with Gasteiger partial charge in [0.05, 0.1) is 14.2 Å². The summed E-state index contributed by atoms with van der Waals surface area (Å²) in [6.07, 6.45) is 4.09. The summed E-state index contributed by atoms with van der Waals surface area (Å²) < 4.78 is 9.80. The molecule has 0 aliphatic heterocycles. The third-order valence-electron chi connectivity index (χ3n) is 3.64. The van der Waals surface area contributed by atoms with Crippen LogP contribution in [0.2, 0.25) is 0 Å². The summed E-state index contributed by atoms with van der Waals surface area (Å²) in [5.41, 5.74) is 1.21. The van der Waals surface area contributed by atoms with E-state index in [0.29, 0.717) is 0 Å². The maximum atomic E-state index is 12.0. The van der Waals surface area contributed by atoms with Crippen molar-refractivity contribution in [3.05, 3.63) is 29.8 Å². The lowest BCUT2D eigenvalue weighted by molar-refractivity contribution is -0.143. The first-order valence-corrected chi connectivity index (χ1v) is 7.54. The number of thioether (sulfide) groups is 1. The van der Waals surface area contributed by atoms with E-state index in [9.17, 15) is 4.79 Å². The van der Waals surface area contributed by atoms with Gasteiger partial charge in [0.15, 0.2) is 0 Å². The fourth-order valence-electron chi connectivity index (χ4n) is 2.48. The van der Waals surface area contributed by atoms with E-state index in [4.69, 9.17) is 9.47 Å². The number of rotatable bonds is 5. The molecule has 1 aromatic carbocycles. The van der Waals surface area contributed by atoms with Crippen LogP contribution in [0.15, 0.2) is 24.3 Å². The molecule has 0 N–H and O–H groups in total. The number of hydrogen-bond donors (Lipinski definition) is 0. The zero-order valence-corrected chi connectivity index (χ0v) is 12.3. The zero-order valence-electron chi connectivity index (χ0n) is 11.5. The Morgan fingerprint density at radius 2 is 1.84 bits per heavy atom. The van der Waals surface area contributed by atoms with E-state index < -0.39 is 0 Å². The Morgan fingerprint density at radius 1 is 1.21 bits per heavy atom. The molecule has 0 amide bonds.